The van der Waals surface area contributed by atoms with E-state index in [1.165, 1.54) is 0 Å². The second-order valence-corrected chi connectivity index (χ2v) is 3.52. The Labute approximate surface area is 89.7 Å². The van der Waals surface area contributed by atoms with Gasteiger partial charge in [-0.2, -0.15) is 5.48 Å². The number of carbonyl (C=O) groups is 1. The molecule has 6 heteroatoms. The Hall–Kier alpha value is -0.850. The molecule has 1 heterocycles. The largest absolute Gasteiger partial charge is 0.453 e. The Balaban J connectivity index is 2.35. The van der Waals surface area contributed by atoms with Crippen LogP contribution in [0.1, 0.15) is 18.7 Å². The van der Waals surface area contributed by atoms with Crippen molar-refractivity contribution in [3.63, 3.8) is 0 Å². The smallest absolute Gasteiger partial charge is 0.245 e. The first-order chi connectivity index (χ1) is 6.59. The number of amides is 1. The fraction of sp³-hybridized carbons (Fsp3) is 0.375. The van der Waals surface area contributed by atoms with E-state index in [-0.39, 0.29) is 12.6 Å². The molecule has 0 aliphatic heterocycles. The molecule has 0 fully saturated rings. The van der Waals surface area contributed by atoms with Gasteiger partial charge in [0, 0.05) is 0 Å². The fourth-order valence-corrected chi connectivity index (χ4v) is 1.18. The lowest BCUT2D eigenvalue weighted by molar-refractivity contribution is -0.126. The van der Waals surface area contributed by atoms with E-state index in [0.29, 0.717) is 10.4 Å². The molecule has 1 aromatic rings. The fourth-order valence-electron chi connectivity index (χ4n) is 0.857. The van der Waals surface area contributed by atoms with Crippen LogP contribution in [0.4, 0.5) is 0 Å². The maximum Gasteiger partial charge on any atom is 0.245 e. The summed E-state index contributed by atoms with van der Waals surface area (Å²) >= 11 is 3.18. The number of rotatable bonds is 5. The van der Waals surface area contributed by atoms with Crippen molar-refractivity contribution in [1.82, 2.24) is 5.48 Å². The lowest BCUT2D eigenvalue weighted by atomic mass is 10.3. The average Bonchev–Trinajstić information content (AvgIpc) is 2.51. The summed E-state index contributed by atoms with van der Waals surface area (Å²) in [5.41, 5.74) is 7.51. The highest BCUT2D eigenvalue weighted by atomic mass is 79.9. The molecule has 0 bridgehead atoms. The SMILES string of the molecule is CC(NOCC(N)=O)c1ccc(Br)o1. The highest BCUT2D eigenvalue weighted by Gasteiger charge is 2.09. The van der Waals surface area contributed by atoms with E-state index in [1.807, 2.05) is 6.92 Å². The Bertz CT molecular complexity index is 313. The summed E-state index contributed by atoms with van der Waals surface area (Å²) in [6, 6.07) is 3.44. The molecule has 1 amide bonds. The molecular weight excluding hydrogens is 252 g/mol. The van der Waals surface area contributed by atoms with E-state index >= 15 is 0 Å². The summed E-state index contributed by atoms with van der Waals surface area (Å²) in [5.74, 6) is 0.187. The number of hydrogen-bond acceptors (Lipinski definition) is 4. The van der Waals surface area contributed by atoms with Gasteiger partial charge in [-0.25, -0.2) is 0 Å². The lowest BCUT2D eigenvalue weighted by Gasteiger charge is -2.09. The third-order valence-corrected chi connectivity index (χ3v) is 1.92. The molecular formula is C8H11BrN2O3. The second-order valence-electron chi connectivity index (χ2n) is 2.74. The van der Waals surface area contributed by atoms with Crippen LogP contribution in [0.2, 0.25) is 0 Å². The summed E-state index contributed by atoms with van der Waals surface area (Å²) in [4.78, 5) is 15.2. The molecule has 5 nitrogen and oxygen atoms in total. The number of carbonyl (C=O) groups excluding carboxylic acids is 1. The first kappa shape index (κ1) is 11.2. The van der Waals surface area contributed by atoms with Crippen LogP contribution < -0.4 is 11.2 Å². The molecule has 1 rings (SSSR count). The van der Waals surface area contributed by atoms with Crippen LogP contribution >= 0.6 is 15.9 Å². The third-order valence-electron chi connectivity index (χ3n) is 1.50. The Morgan fingerprint density at radius 1 is 1.79 bits per heavy atom. The molecule has 0 saturated carbocycles. The molecule has 0 spiro atoms. The van der Waals surface area contributed by atoms with Crippen LogP contribution in [0, 0.1) is 0 Å². The van der Waals surface area contributed by atoms with Gasteiger partial charge in [-0.1, -0.05) is 0 Å². The summed E-state index contributed by atoms with van der Waals surface area (Å²) in [6.45, 7) is 1.68. The first-order valence-corrected chi connectivity index (χ1v) is 4.79. The molecule has 1 aromatic heterocycles. The van der Waals surface area contributed by atoms with E-state index in [2.05, 4.69) is 21.4 Å². The third kappa shape index (κ3) is 3.49. The molecule has 0 aliphatic carbocycles. The van der Waals surface area contributed by atoms with Crippen LogP contribution in [0.5, 0.6) is 0 Å². The van der Waals surface area contributed by atoms with Gasteiger partial charge in [0.2, 0.25) is 5.91 Å². The summed E-state index contributed by atoms with van der Waals surface area (Å²) in [6.07, 6.45) is 0. The quantitative estimate of drug-likeness (QED) is 0.780. The van der Waals surface area contributed by atoms with Crippen LogP contribution in [0.15, 0.2) is 21.2 Å². The van der Waals surface area contributed by atoms with Crippen molar-refractivity contribution in [3.05, 3.63) is 22.6 Å². The zero-order valence-corrected chi connectivity index (χ0v) is 9.21. The molecule has 3 N–H and O–H groups in total. The number of furan rings is 1. The van der Waals surface area contributed by atoms with Crippen LogP contribution in [-0.2, 0) is 9.63 Å². The monoisotopic (exact) mass is 262 g/mol. The van der Waals surface area contributed by atoms with E-state index in [4.69, 9.17) is 15.0 Å². The molecule has 0 saturated heterocycles. The molecule has 1 unspecified atom stereocenters. The van der Waals surface area contributed by atoms with Gasteiger partial charge >= 0.3 is 0 Å². The Kier molecular flexibility index (Phi) is 4.12. The second kappa shape index (κ2) is 5.14. The number of hydroxylamine groups is 1. The molecule has 1 atom stereocenters. The maximum absolute atomic E-state index is 10.3. The molecule has 78 valence electrons. The predicted molar refractivity (Wildman–Crippen MR) is 53.1 cm³/mol. The number of nitrogens with two attached hydrogens (primary N) is 1. The van der Waals surface area contributed by atoms with Gasteiger partial charge in [0.05, 0.1) is 6.04 Å². The van der Waals surface area contributed by atoms with E-state index in [0.717, 1.165) is 0 Å². The van der Waals surface area contributed by atoms with Crippen LogP contribution in [-0.4, -0.2) is 12.5 Å². The highest BCUT2D eigenvalue weighted by Crippen LogP contribution is 2.19. The summed E-state index contributed by atoms with van der Waals surface area (Å²) < 4.78 is 5.91. The predicted octanol–water partition coefficient (Wildman–Crippen LogP) is 1.11. The number of halogens is 1. The number of hydrogen-bond donors (Lipinski definition) is 2. The zero-order chi connectivity index (χ0) is 10.6. The number of primary amides is 1. The first-order valence-electron chi connectivity index (χ1n) is 4.00. The van der Waals surface area contributed by atoms with Gasteiger partial charge in [-0.3, -0.25) is 9.63 Å². The van der Waals surface area contributed by atoms with Crippen LogP contribution in [0.3, 0.4) is 0 Å². The van der Waals surface area contributed by atoms with Gasteiger partial charge in [0.15, 0.2) is 4.67 Å². The van der Waals surface area contributed by atoms with Gasteiger partial charge < -0.3 is 10.2 Å². The zero-order valence-electron chi connectivity index (χ0n) is 7.62. The lowest BCUT2D eigenvalue weighted by Crippen LogP contribution is -2.26. The van der Waals surface area contributed by atoms with Gasteiger partial charge in [0.25, 0.3) is 0 Å². The minimum absolute atomic E-state index is 0.138. The van der Waals surface area contributed by atoms with Crippen molar-refractivity contribution in [2.24, 2.45) is 5.73 Å². The summed E-state index contributed by atoms with van der Waals surface area (Å²) in [5, 5.41) is 0. The Morgan fingerprint density at radius 2 is 2.50 bits per heavy atom. The normalized spacial score (nSPS) is 12.7. The van der Waals surface area contributed by atoms with Gasteiger partial charge in [-0.05, 0) is 35.0 Å². The molecule has 0 radical (unpaired) electrons. The van der Waals surface area contributed by atoms with Crippen molar-refractivity contribution in [2.75, 3.05) is 6.61 Å². The van der Waals surface area contributed by atoms with E-state index in [1.54, 1.807) is 12.1 Å². The minimum Gasteiger partial charge on any atom is -0.453 e. The van der Waals surface area contributed by atoms with Crippen molar-refractivity contribution in [2.45, 2.75) is 13.0 Å². The Morgan fingerprint density at radius 3 is 3.00 bits per heavy atom. The molecule has 0 aromatic carbocycles. The van der Waals surface area contributed by atoms with Crippen molar-refractivity contribution in [1.29, 1.82) is 0 Å². The maximum atomic E-state index is 10.3. The van der Waals surface area contributed by atoms with E-state index in [9.17, 15) is 4.79 Å². The minimum atomic E-state index is -0.523. The average molecular weight is 263 g/mol. The van der Waals surface area contributed by atoms with Gasteiger partial charge in [0.1, 0.15) is 12.4 Å². The molecule has 0 aliphatic rings. The standard InChI is InChI=1S/C8H11BrN2O3/c1-5(11-13-4-8(10)12)6-2-3-7(9)14-6/h2-3,5,11H,4H2,1H3,(H2,10,12). The summed E-state index contributed by atoms with van der Waals surface area (Å²) in [7, 11) is 0. The van der Waals surface area contributed by atoms with Crippen molar-refractivity contribution < 1.29 is 14.0 Å². The number of nitrogens with one attached hydrogen (secondary N) is 1. The topological polar surface area (TPSA) is 77.5 Å². The molecule has 14 heavy (non-hydrogen) atoms. The van der Waals surface area contributed by atoms with Crippen molar-refractivity contribution >= 4 is 21.8 Å². The van der Waals surface area contributed by atoms with Crippen molar-refractivity contribution in [3.8, 4) is 0 Å². The van der Waals surface area contributed by atoms with Gasteiger partial charge in [-0.15, -0.1) is 0 Å². The van der Waals surface area contributed by atoms with Crippen LogP contribution in [0.25, 0.3) is 0 Å². The highest BCUT2D eigenvalue weighted by molar-refractivity contribution is 9.10. The van der Waals surface area contributed by atoms with E-state index < -0.39 is 5.91 Å².